The number of anilines is 4. The summed E-state index contributed by atoms with van der Waals surface area (Å²) in [5, 5.41) is 24.0. The molecule has 0 aliphatic heterocycles. The highest BCUT2D eigenvalue weighted by molar-refractivity contribution is 7.92. The molecule has 0 aliphatic rings. The molecule has 0 aliphatic carbocycles. The Morgan fingerprint density at radius 1 is 1.09 bits per heavy atom. The van der Waals surface area contributed by atoms with Gasteiger partial charge in [-0.2, -0.15) is 18.2 Å². The molecule has 188 valence electrons. The number of hydrogen-bond acceptors (Lipinski definition) is 9. The van der Waals surface area contributed by atoms with Gasteiger partial charge < -0.3 is 20.8 Å². The Hall–Kier alpha value is -3.49. The van der Waals surface area contributed by atoms with Crippen LogP contribution in [0.25, 0.3) is 0 Å². The lowest BCUT2D eigenvalue weighted by atomic mass is 10.1. The maximum Gasteiger partial charge on any atom is 0.421 e. The van der Waals surface area contributed by atoms with Gasteiger partial charge in [-0.05, 0) is 30.7 Å². The second-order valence-corrected chi connectivity index (χ2v) is 9.28. The highest BCUT2D eigenvalue weighted by atomic mass is 32.2. The minimum absolute atomic E-state index is 0.00651. The number of hydrogen-bond donors (Lipinski definition) is 5. The van der Waals surface area contributed by atoms with E-state index in [1.165, 1.54) is 37.4 Å². The van der Waals surface area contributed by atoms with Crippen molar-refractivity contribution >= 4 is 33.3 Å². The number of sulfonamides is 1. The Labute approximate surface area is 199 Å². The molecule has 10 nitrogen and oxygen atoms in total. The van der Waals surface area contributed by atoms with E-state index >= 15 is 0 Å². The lowest BCUT2D eigenvalue weighted by Gasteiger charge is -2.16. The number of aliphatic hydroxyl groups is 2. The Morgan fingerprint density at radius 2 is 1.80 bits per heavy atom. The fourth-order valence-electron chi connectivity index (χ4n) is 2.88. The predicted octanol–water partition coefficient (Wildman–Crippen LogP) is 3.03. The van der Waals surface area contributed by atoms with Gasteiger partial charge in [0, 0.05) is 30.2 Å². The summed E-state index contributed by atoms with van der Waals surface area (Å²) in [4.78, 5) is 11.6. The molecule has 0 saturated carbocycles. The van der Waals surface area contributed by atoms with Crippen LogP contribution in [0.2, 0.25) is 0 Å². The Balaban J connectivity index is 1.84. The first-order valence-corrected chi connectivity index (χ1v) is 12.0. The van der Waals surface area contributed by atoms with E-state index in [4.69, 9.17) is 5.11 Å². The second kappa shape index (κ2) is 10.8. The Morgan fingerprint density at radius 3 is 2.43 bits per heavy atom. The summed E-state index contributed by atoms with van der Waals surface area (Å²) in [5.74, 6) is -0.854. The van der Waals surface area contributed by atoms with Gasteiger partial charge in [-0.25, -0.2) is 18.4 Å². The van der Waals surface area contributed by atoms with E-state index in [2.05, 4.69) is 30.3 Å². The highest BCUT2D eigenvalue weighted by Crippen LogP contribution is 2.34. The molecule has 0 fully saturated rings. The summed E-state index contributed by atoms with van der Waals surface area (Å²) >= 11 is 0. The Bertz CT molecular complexity index is 1260. The number of benzene rings is 1. The van der Waals surface area contributed by atoms with Crippen molar-refractivity contribution in [2.45, 2.75) is 25.7 Å². The van der Waals surface area contributed by atoms with Crippen molar-refractivity contribution in [3.8, 4) is 0 Å². The molecule has 3 aromatic rings. The molecule has 0 amide bonds. The number of pyridine rings is 1. The zero-order chi connectivity index (χ0) is 25.6. The second-order valence-electron chi connectivity index (χ2n) is 7.27. The number of alkyl halides is 3. The molecule has 1 unspecified atom stereocenters. The zero-order valence-electron chi connectivity index (χ0n) is 18.4. The molecule has 0 spiro atoms. The molecule has 14 heteroatoms. The SMILES string of the molecule is CCS(=O)(=O)Nc1ncccc1CNc1nc(Nc2ccc(C(O)CO)cc2)ncc1C(F)(F)F. The molecular formula is C21H23F3N6O4S. The maximum atomic E-state index is 13.5. The quantitative estimate of drug-likeness (QED) is 0.276. The van der Waals surface area contributed by atoms with Crippen LogP contribution in [-0.2, 0) is 22.7 Å². The van der Waals surface area contributed by atoms with Crippen molar-refractivity contribution in [1.29, 1.82) is 0 Å². The summed E-state index contributed by atoms with van der Waals surface area (Å²) in [5.41, 5.74) is 0.0978. The van der Waals surface area contributed by atoms with Gasteiger partial charge in [-0.15, -0.1) is 0 Å². The van der Waals surface area contributed by atoms with Crippen LogP contribution in [0.4, 0.5) is 36.4 Å². The van der Waals surface area contributed by atoms with Crippen molar-refractivity contribution in [2.24, 2.45) is 0 Å². The lowest BCUT2D eigenvalue weighted by Crippen LogP contribution is -2.18. The van der Waals surface area contributed by atoms with Crippen LogP contribution >= 0.6 is 0 Å². The van der Waals surface area contributed by atoms with E-state index in [-0.39, 0.29) is 24.1 Å². The molecule has 0 saturated heterocycles. The van der Waals surface area contributed by atoms with Crippen LogP contribution in [0.3, 0.4) is 0 Å². The van der Waals surface area contributed by atoms with Crippen molar-refractivity contribution in [3.05, 3.63) is 65.5 Å². The van der Waals surface area contributed by atoms with E-state index in [1.807, 2.05) is 0 Å². The van der Waals surface area contributed by atoms with E-state index < -0.39 is 40.3 Å². The molecule has 35 heavy (non-hydrogen) atoms. The third kappa shape index (κ3) is 7.00. The van der Waals surface area contributed by atoms with Gasteiger partial charge in [0.15, 0.2) is 0 Å². The summed E-state index contributed by atoms with van der Waals surface area (Å²) in [7, 11) is -3.65. The maximum absolute atomic E-state index is 13.5. The number of nitrogens with one attached hydrogen (secondary N) is 3. The minimum Gasteiger partial charge on any atom is -0.393 e. The van der Waals surface area contributed by atoms with Crippen LogP contribution in [0.5, 0.6) is 0 Å². The highest BCUT2D eigenvalue weighted by Gasteiger charge is 2.35. The molecule has 5 N–H and O–H groups in total. The van der Waals surface area contributed by atoms with Crippen LogP contribution in [0.1, 0.15) is 29.7 Å². The average molecular weight is 513 g/mol. The summed E-state index contributed by atoms with van der Waals surface area (Å²) in [6.45, 7) is 0.779. The molecule has 0 radical (unpaired) electrons. The van der Waals surface area contributed by atoms with Gasteiger partial charge in [0.2, 0.25) is 16.0 Å². The molecule has 1 atom stereocenters. The molecule has 1 aromatic carbocycles. The smallest absolute Gasteiger partial charge is 0.393 e. The van der Waals surface area contributed by atoms with Gasteiger partial charge in [-0.1, -0.05) is 18.2 Å². The van der Waals surface area contributed by atoms with Gasteiger partial charge >= 0.3 is 6.18 Å². The predicted molar refractivity (Wildman–Crippen MR) is 123 cm³/mol. The van der Waals surface area contributed by atoms with Gasteiger partial charge in [0.25, 0.3) is 0 Å². The Kier molecular flexibility index (Phi) is 8.09. The molecule has 2 heterocycles. The van der Waals surface area contributed by atoms with Crippen molar-refractivity contribution in [3.63, 3.8) is 0 Å². The van der Waals surface area contributed by atoms with Gasteiger partial charge in [0.1, 0.15) is 23.3 Å². The number of aliphatic hydroxyl groups excluding tert-OH is 2. The molecule has 0 bridgehead atoms. The molecular weight excluding hydrogens is 489 g/mol. The van der Waals surface area contributed by atoms with E-state index in [1.54, 1.807) is 12.1 Å². The van der Waals surface area contributed by atoms with Crippen molar-refractivity contribution < 1.29 is 31.8 Å². The van der Waals surface area contributed by atoms with Crippen molar-refractivity contribution in [1.82, 2.24) is 15.0 Å². The third-order valence-corrected chi connectivity index (χ3v) is 6.05. The lowest BCUT2D eigenvalue weighted by molar-refractivity contribution is -0.137. The molecule has 3 rings (SSSR count). The topological polar surface area (TPSA) is 149 Å². The first-order chi connectivity index (χ1) is 16.5. The normalized spacial score (nSPS) is 12.7. The summed E-state index contributed by atoms with van der Waals surface area (Å²) in [6.07, 6.45) is -3.81. The van der Waals surface area contributed by atoms with Crippen LogP contribution in [0.15, 0.2) is 48.8 Å². The third-order valence-electron chi connectivity index (χ3n) is 4.79. The number of halogens is 3. The summed E-state index contributed by atoms with van der Waals surface area (Å²) < 4.78 is 66.7. The van der Waals surface area contributed by atoms with Crippen LogP contribution in [-0.4, -0.2) is 45.9 Å². The van der Waals surface area contributed by atoms with Gasteiger partial charge in [-0.3, -0.25) is 4.72 Å². The standard InChI is InChI=1S/C21H23F3N6O4S/c1-2-35(33,34)30-18-14(4-3-9-25-18)10-26-19-16(21(22,23)24)11-27-20(29-19)28-15-7-5-13(6-8-15)17(32)12-31/h3-9,11,17,31-32H,2,10,12H2,1H3,(H,25,30)(H2,26,27,28,29). The van der Waals surface area contributed by atoms with E-state index in [0.717, 1.165) is 0 Å². The van der Waals surface area contributed by atoms with Crippen LogP contribution in [0, 0.1) is 0 Å². The fraction of sp³-hybridized carbons (Fsp3) is 0.286. The van der Waals surface area contributed by atoms with E-state index in [0.29, 0.717) is 23.0 Å². The zero-order valence-corrected chi connectivity index (χ0v) is 19.2. The minimum atomic E-state index is -4.75. The number of rotatable bonds is 10. The first-order valence-electron chi connectivity index (χ1n) is 10.3. The largest absolute Gasteiger partial charge is 0.421 e. The summed E-state index contributed by atoms with van der Waals surface area (Å²) in [6, 6.07) is 9.20. The monoisotopic (exact) mass is 512 g/mol. The van der Waals surface area contributed by atoms with Crippen molar-refractivity contribution in [2.75, 3.05) is 27.7 Å². The molecule has 2 aromatic heterocycles. The van der Waals surface area contributed by atoms with Crippen LogP contribution < -0.4 is 15.4 Å². The average Bonchev–Trinajstić information content (AvgIpc) is 2.82. The number of aromatic nitrogens is 3. The first kappa shape index (κ1) is 26.1. The van der Waals surface area contributed by atoms with E-state index in [9.17, 15) is 26.7 Å². The van der Waals surface area contributed by atoms with Gasteiger partial charge in [0.05, 0.1) is 12.4 Å². The fourth-order valence-corrected chi connectivity index (χ4v) is 3.50. The number of nitrogens with zero attached hydrogens (tertiary/aromatic N) is 3.